The third-order valence-electron chi connectivity index (χ3n) is 2.57. The Labute approximate surface area is 92.7 Å². The first kappa shape index (κ1) is 9.82. The molecule has 0 aliphatic heterocycles. The minimum atomic E-state index is -0.0782. The molecule has 0 unspecified atom stereocenters. The number of nitriles is 1. The second-order valence-corrected chi connectivity index (χ2v) is 5.52. The van der Waals surface area contributed by atoms with E-state index in [-0.39, 0.29) is 5.41 Å². The van der Waals surface area contributed by atoms with Gasteiger partial charge in [0.25, 0.3) is 0 Å². The number of thiophene rings is 1. The van der Waals surface area contributed by atoms with E-state index in [9.17, 15) is 0 Å². The van der Waals surface area contributed by atoms with Gasteiger partial charge in [0.1, 0.15) is 0 Å². The summed E-state index contributed by atoms with van der Waals surface area (Å²) in [5.41, 5.74) is -0.0782. The monoisotopic (exact) mass is 226 g/mol. The van der Waals surface area contributed by atoms with Crippen molar-refractivity contribution in [3.05, 3.63) is 16.5 Å². The first-order valence-electron chi connectivity index (χ1n) is 4.53. The first-order valence-corrected chi connectivity index (χ1v) is 5.72. The van der Waals surface area contributed by atoms with Gasteiger partial charge in [-0.1, -0.05) is 11.6 Å². The molecule has 1 heterocycles. The third-order valence-corrected chi connectivity index (χ3v) is 3.91. The molecule has 1 saturated carbocycles. The average Bonchev–Trinajstić information content (AvgIpc) is 2.80. The van der Waals surface area contributed by atoms with E-state index < -0.39 is 0 Å². The lowest BCUT2D eigenvalue weighted by molar-refractivity contribution is 0.656. The van der Waals surface area contributed by atoms with E-state index in [2.05, 4.69) is 11.0 Å². The van der Waals surface area contributed by atoms with E-state index in [4.69, 9.17) is 16.9 Å². The third kappa shape index (κ3) is 1.87. The molecule has 0 saturated heterocycles. The topological polar surface area (TPSA) is 27.0 Å². The van der Waals surface area contributed by atoms with Gasteiger partial charge in [0.05, 0.1) is 20.8 Å². The Bertz CT molecular complexity index is 376. The van der Waals surface area contributed by atoms with Crippen LogP contribution in [0.5, 0.6) is 0 Å². The van der Waals surface area contributed by atoms with Crippen LogP contribution in [0.15, 0.2) is 12.1 Å². The Morgan fingerprint density at radius 1 is 1.64 bits per heavy atom. The second kappa shape index (κ2) is 3.45. The van der Waals surface area contributed by atoms with Crippen LogP contribution in [0.2, 0.25) is 4.34 Å². The quantitative estimate of drug-likeness (QED) is 0.792. The van der Waals surface area contributed by atoms with E-state index in [1.165, 1.54) is 0 Å². The normalized spacial score (nSPS) is 17.5. The van der Waals surface area contributed by atoms with Crippen molar-refractivity contribution in [1.29, 1.82) is 5.26 Å². The second-order valence-electron chi connectivity index (χ2n) is 3.83. The van der Waals surface area contributed by atoms with Gasteiger partial charge in [-0.05, 0) is 25.0 Å². The molecule has 0 atom stereocenters. The van der Waals surface area contributed by atoms with E-state index in [0.717, 1.165) is 28.7 Å². The molecule has 14 heavy (non-hydrogen) atoms. The summed E-state index contributed by atoms with van der Waals surface area (Å²) in [6.45, 7) is 0.820. The van der Waals surface area contributed by atoms with Crippen molar-refractivity contribution in [3.63, 3.8) is 0 Å². The molecule has 1 aliphatic rings. The molecule has 1 aliphatic carbocycles. The molecule has 2 rings (SSSR count). The van der Waals surface area contributed by atoms with E-state index >= 15 is 0 Å². The molecule has 0 N–H and O–H groups in total. The van der Waals surface area contributed by atoms with Crippen LogP contribution in [0.3, 0.4) is 0 Å². The van der Waals surface area contributed by atoms with Gasteiger partial charge in [-0.25, -0.2) is 0 Å². The number of hydrogen-bond donors (Lipinski definition) is 0. The Hall–Kier alpha value is -0.720. The van der Waals surface area contributed by atoms with Crippen LogP contribution in [0.25, 0.3) is 0 Å². The summed E-state index contributed by atoms with van der Waals surface area (Å²) < 4.78 is 0.800. The van der Waals surface area contributed by atoms with Gasteiger partial charge in [-0.2, -0.15) is 5.26 Å². The van der Waals surface area contributed by atoms with Crippen molar-refractivity contribution < 1.29 is 0 Å². The maximum atomic E-state index is 8.96. The van der Waals surface area contributed by atoms with Crippen LogP contribution >= 0.6 is 22.9 Å². The summed E-state index contributed by atoms with van der Waals surface area (Å²) in [7, 11) is 2.01. The Morgan fingerprint density at radius 2 is 2.36 bits per heavy atom. The van der Waals surface area contributed by atoms with Crippen LogP contribution in [0.1, 0.15) is 12.8 Å². The number of rotatable bonds is 3. The van der Waals surface area contributed by atoms with Crippen LogP contribution in [0, 0.1) is 16.7 Å². The van der Waals surface area contributed by atoms with Crippen molar-refractivity contribution in [2.75, 3.05) is 18.5 Å². The standard InChI is InChI=1S/C10H11ClN2S/c1-13(7-10(6-12)4-5-10)9-3-2-8(11)14-9/h2-3H,4-5,7H2,1H3. The lowest BCUT2D eigenvalue weighted by atomic mass is 10.1. The van der Waals surface area contributed by atoms with Gasteiger partial charge in [0, 0.05) is 13.6 Å². The van der Waals surface area contributed by atoms with Gasteiger partial charge < -0.3 is 4.90 Å². The van der Waals surface area contributed by atoms with E-state index in [1.54, 1.807) is 11.3 Å². The molecule has 0 amide bonds. The molecule has 0 spiro atoms. The van der Waals surface area contributed by atoms with Crippen molar-refractivity contribution in [2.24, 2.45) is 5.41 Å². The van der Waals surface area contributed by atoms with Crippen molar-refractivity contribution in [1.82, 2.24) is 0 Å². The van der Waals surface area contributed by atoms with Gasteiger partial charge in [-0.3, -0.25) is 0 Å². The van der Waals surface area contributed by atoms with Crippen LogP contribution in [-0.4, -0.2) is 13.6 Å². The zero-order chi connectivity index (χ0) is 10.2. The largest absolute Gasteiger partial charge is 0.365 e. The highest BCUT2D eigenvalue weighted by atomic mass is 35.5. The van der Waals surface area contributed by atoms with Crippen LogP contribution in [0.4, 0.5) is 5.00 Å². The smallest absolute Gasteiger partial charge is 0.0950 e. The maximum absolute atomic E-state index is 8.96. The lowest BCUT2D eigenvalue weighted by Gasteiger charge is -2.19. The fourth-order valence-electron chi connectivity index (χ4n) is 1.50. The highest BCUT2D eigenvalue weighted by Gasteiger charge is 2.44. The molecule has 2 nitrogen and oxygen atoms in total. The summed E-state index contributed by atoms with van der Waals surface area (Å²) in [4.78, 5) is 2.12. The summed E-state index contributed by atoms with van der Waals surface area (Å²) in [5.74, 6) is 0. The number of hydrogen-bond acceptors (Lipinski definition) is 3. The Kier molecular flexibility index (Phi) is 2.42. The minimum absolute atomic E-state index is 0.0782. The van der Waals surface area contributed by atoms with Gasteiger partial charge in [0.2, 0.25) is 0 Å². The molecule has 4 heteroatoms. The highest BCUT2D eigenvalue weighted by Crippen LogP contribution is 2.46. The maximum Gasteiger partial charge on any atom is 0.0950 e. The Balaban J connectivity index is 2.03. The number of nitrogens with zero attached hydrogens (tertiary/aromatic N) is 2. The van der Waals surface area contributed by atoms with Gasteiger partial charge in [0.15, 0.2) is 0 Å². The molecule has 1 fully saturated rings. The minimum Gasteiger partial charge on any atom is -0.365 e. The Morgan fingerprint density at radius 3 is 2.79 bits per heavy atom. The summed E-state index contributed by atoms with van der Waals surface area (Å²) >= 11 is 7.41. The molecular formula is C10H11ClN2S. The number of halogens is 1. The molecule has 1 aromatic heterocycles. The van der Waals surface area contributed by atoms with E-state index in [0.29, 0.717) is 0 Å². The predicted octanol–water partition coefficient (Wildman–Crippen LogP) is 3.14. The molecular weight excluding hydrogens is 216 g/mol. The van der Waals surface area contributed by atoms with Gasteiger partial charge in [-0.15, -0.1) is 11.3 Å². The predicted molar refractivity (Wildman–Crippen MR) is 59.9 cm³/mol. The summed E-state index contributed by atoms with van der Waals surface area (Å²) in [5, 5.41) is 10.1. The lowest BCUT2D eigenvalue weighted by Crippen LogP contribution is -2.24. The fourth-order valence-corrected chi connectivity index (χ4v) is 2.49. The molecule has 1 aromatic rings. The average molecular weight is 227 g/mol. The molecule has 0 aromatic carbocycles. The highest BCUT2D eigenvalue weighted by molar-refractivity contribution is 7.19. The molecule has 0 bridgehead atoms. The van der Waals surface area contributed by atoms with Gasteiger partial charge >= 0.3 is 0 Å². The summed E-state index contributed by atoms with van der Waals surface area (Å²) in [6, 6.07) is 6.28. The fraction of sp³-hybridized carbons (Fsp3) is 0.500. The number of anilines is 1. The van der Waals surface area contributed by atoms with Crippen molar-refractivity contribution >= 4 is 27.9 Å². The van der Waals surface area contributed by atoms with Crippen LogP contribution in [-0.2, 0) is 0 Å². The SMILES string of the molecule is CN(CC1(C#N)CC1)c1ccc(Cl)s1. The van der Waals surface area contributed by atoms with Crippen molar-refractivity contribution in [2.45, 2.75) is 12.8 Å². The molecule has 74 valence electrons. The zero-order valence-electron chi connectivity index (χ0n) is 7.96. The zero-order valence-corrected chi connectivity index (χ0v) is 9.53. The summed E-state index contributed by atoms with van der Waals surface area (Å²) in [6.07, 6.45) is 2.07. The first-order chi connectivity index (χ1) is 6.65. The van der Waals surface area contributed by atoms with Crippen LogP contribution < -0.4 is 4.90 Å². The van der Waals surface area contributed by atoms with E-state index in [1.807, 2.05) is 19.2 Å². The molecule has 0 radical (unpaired) electrons. The van der Waals surface area contributed by atoms with Crippen molar-refractivity contribution in [3.8, 4) is 6.07 Å².